The third kappa shape index (κ3) is 3.64. The van der Waals surface area contributed by atoms with Crippen LogP contribution in [0.15, 0.2) is 23.1 Å². The summed E-state index contributed by atoms with van der Waals surface area (Å²) in [4.78, 5) is 23.8. The standard InChI is InChI=1S/C22H27FN2O2/c23-19-12-18-21(13-20(19)24-16-6-2-1-3-7-16)25(17-8-4-5-9-17)14-15(10-11-26)22(18)27/h11-14,16-17,24H,1-10H2. The highest BCUT2D eigenvalue weighted by molar-refractivity contribution is 5.84. The minimum Gasteiger partial charge on any atom is -0.380 e. The number of carbonyl (C=O) groups is 1. The molecule has 2 saturated carbocycles. The zero-order chi connectivity index (χ0) is 18.8. The second kappa shape index (κ2) is 7.83. The second-order valence-corrected chi connectivity index (χ2v) is 8.03. The average molecular weight is 370 g/mol. The van der Waals surface area contributed by atoms with E-state index in [0.29, 0.717) is 28.7 Å². The summed E-state index contributed by atoms with van der Waals surface area (Å²) in [7, 11) is 0. The smallest absolute Gasteiger partial charge is 0.193 e. The number of anilines is 1. The molecule has 0 radical (unpaired) electrons. The van der Waals surface area contributed by atoms with E-state index in [-0.39, 0.29) is 17.7 Å². The molecule has 2 aliphatic rings. The first-order chi connectivity index (χ1) is 13.2. The van der Waals surface area contributed by atoms with E-state index in [1.54, 1.807) is 0 Å². The quantitative estimate of drug-likeness (QED) is 0.773. The summed E-state index contributed by atoms with van der Waals surface area (Å²) in [6.07, 6.45) is 12.8. The molecule has 27 heavy (non-hydrogen) atoms. The van der Waals surface area contributed by atoms with Gasteiger partial charge in [0.25, 0.3) is 0 Å². The zero-order valence-corrected chi connectivity index (χ0v) is 15.7. The van der Waals surface area contributed by atoms with Crippen molar-refractivity contribution in [2.24, 2.45) is 0 Å². The minimum absolute atomic E-state index is 0.0746. The lowest BCUT2D eigenvalue weighted by Crippen LogP contribution is -2.23. The molecule has 1 heterocycles. The summed E-state index contributed by atoms with van der Waals surface area (Å²) in [5.41, 5.74) is 1.50. The number of nitrogens with one attached hydrogen (secondary N) is 1. The van der Waals surface area contributed by atoms with Gasteiger partial charge in [0.1, 0.15) is 12.1 Å². The van der Waals surface area contributed by atoms with Gasteiger partial charge in [-0.15, -0.1) is 0 Å². The van der Waals surface area contributed by atoms with Gasteiger partial charge in [0.2, 0.25) is 0 Å². The number of hydrogen-bond acceptors (Lipinski definition) is 3. The van der Waals surface area contributed by atoms with Crippen LogP contribution < -0.4 is 10.7 Å². The maximum atomic E-state index is 14.8. The number of rotatable bonds is 5. The van der Waals surface area contributed by atoms with E-state index in [2.05, 4.69) is 9.88 Å². The summed E-state index contributed by atoms with van der Waals surface area (Å²) in [6, 6.07) is 3.78. The van der Waals surface area contributed by atoms with E-state index >= 15 is 0 Å². The van der Waals surface area contributed by atoms with Crippen molar-refractivity contribution in [3.05, 3.63) is 39.9 Å². The molecule has 0 spiro atoms. The predicted octanol–water partition coefficient (Wildman–Crippen LogP) is 4.74. The normalized spacial score (nSPS) is 18.9. The maximum absolute atomic E-state index is 14.8. The molecule has 0 unspecified atom stereocenters. The van der Waals surface area contributed by atoms with Crippen LogP contribution in [0.2, 0.25) is 0 Å². The molecular formula is C22H27FN2O2. The third-order valence-electron chi connectivity index (χ3n) is 6.18. The largest absolute Gasteiger partial charge is 0.380 e. The molecule has 2 fully saturated rings. The van der Waals surface area contributed by atoms with Gasteiger partial charge < -0.3 is 14.7 Å². The number of benzene rings is 1. The lowest BCUT2D eigenvalue weighted by molar-refractivity contribution is -0.107. The van der Waals surface area contributed by atoms with E-state index in [4.69, 9.17) is 0 Å². The fourth-order valence-corrected chi connectivity index (χ4v) is 4.72. The first-order valence-electron chi connectivity index (χ1n) is 10.2. The van der Waals surface area contributed by atoms with Gasteiger partial charge in [0.05, 0.1) is 11.2 Å². The Morgan fingerprint density at radius 3 is 2.48 bits per heavy atom. The Labute approximate surface area is 158 Å². The summed E-state index contributed by atoms with van der Waals surface area (Å²) in [6.45, 7) is 0. The van der Waals surface area contributed by atoms with Gasteiger partial charge in [-0.1, -0.05) is 32.1 Å². The molecule has 0 bridgehead atoms. The Morgan fingerprint density at radius 1 is 1.07 bits per heavy atom. The van der Waals surface area contributed by atoms with Gasteiger partial charge in [0.15, 0.2) is 5.43 Å². The first kappa shape index (κ1) is 18.2. The van der Waals surface area contributed by atoms with E-state index in [9.17, 15) is 14.0 Å². The van der Waals surface area contributed by atoms with Crippen LogP contribution in [0.4, 0.5) is 10.1 Å². The summed E-state index contributed by atoms with van der Waals surface area (Å²) >= 11 is 0. The van der Waals surface area contributed by atoms with Crippen LogP contribution in [0.5, 0.6) is 0 Å². The second-order valence-electron chi connectivity index (χ2n) is 8.03. The molecule has 144 valence electrons. The molecule has 0 aliphatic heterocycles. The van der Waals surface area contributed by atoms with E-state index in [0.717, 1.165) is 50.3 Å². The number of hydrogen-bond donors (Lipinski definition) is 1. The van der Waals surface area contributed by atoms with Crippen LogP contribution >= 0.6 is 0 Å². The van der Waals surface area contributed by atoms with E-state index < -0.39 is 0 Å². The molecule has 1 aromatic carbocycles. The lowest BCUT2D eigenvalue weighted by atomic mass is 9.95. The van der Waals surface area contributed by atoms with Crippen LogP contribution in [0.3, 0.4) is 0 Å². The fraction of sp³-hybridized carbons (Fsp3) is 0.545. The molecule has 1 N–H and O–H groups in total. The van der Waals surface area contributed by atoms with Crippen molar-refractivity contribution in [3.63, 3.8) is 0 Å². The van der Waals surface area contributed by atoms with Crippen molar-refractivity contribution >= 4 is 22.9 Å². The molecular weight excluding hydrogens is 343 g/mol. The number of nitrogens with zero attached hydrogens (tertiary/aromatic N) is 1. The molecule has 5 heteroatoms. The average Bonchev–Trinajstić information content (AvgIpc) is 3.21. The number of aromatic nitrogens is 1. The lowest BCUT2D eigenvalue weighted by Gasteiger charge is -2.25. The van der Waals surface area contributed by atoms with Crippen LogP contribution in [0.25, 0.3) is 10.9 Å². The highest BCUT2D eigenvalue weighted by Gasteiger charge is 2.22. The molecule has 0 amide bonds. The SMILES string of the molecule is O=CCc1cn(C2CCCC2)c2cc(NC3CCCCC3)c(F)cc2c1=O. The van der Waals surface area contributed by atoms with Crippen molar-refractivity contribution in [3.8, 4) is 0 Å². The van der Waals surface area contributed by atoms with Gasteiger partial charge in [-0.25, -0.2) is 4.39 Å². The van der Waals surface area contributed by atoms with Gasteiger partial charge in [-0.05, 0) is 37.8 Å². The van der Waals surface area contributed by atoms with Crippen LogP contribution in [0, 0.1) is 5.82 Å². The van der Waals surface area contributed by atoms with Crippen molar-refractivity contribution in [1.29, 1.82) is 0 Å². The molecule has 0 atom stereocenters. The molecule has 2 aromatic rings. The number of carbonyl (C=O) groups excluding carboxylic acids is 1. The van der Waals surface area contributed by atoms with Crippen LogP contribution in [-0.4, -0.2) is 16.9 Å². The summed E-state index contributed by atoms with van der Waals surface area (Å²) in [5, 5.41) is 3.75. The molecule has 4 nitrogen and oxygen atoms in total. The molecule has 2 aliphatic carbocycles. The van der Waals surface area contributed by atoms with Gasteiger partial charge in [0, 0.05) is 35.7 Å². The first-order valence-corrected chi connectivity index (χ1v) is 10.2. The molecule has 1 aromatic heterocycles. The number of aldehydes is 1. The van der Waals surface area contributed by atoms with Crippen molar-refractivity contribution in [1.82, 2.24) is 4.57 Å². The summed E-state index contributed by atoms with van der Waals surface area (Å²) < 4.78 is 16.9. The minimum atomic E-state index is -0.383. The number of pyridine rings is 1. The maximum Gasteiger partial charge on any atom is 0.193 e. The Balaban J connectivity index is 1.82. The summed E-state index contributed by atoms with van der Waals surface area (Å²) in [5.74, 6) is -0.383. The van der Waals surface area contributed by atoms with Crippen molar-refractivity contribution in [2.75, 3.05) is 5.32 Å². The molecule has 0 saturated heterocycles. The van der Waals surface area contributed by atoms with Gasteiger partial charge in [-0.3, -0.25) is 4.79 Å². The highest BCUT2D eigenvalue weighted by Crippen LogP contribution is 2.33. The Kier molecular flexibility index (Phi) is 5.28. The molecule has 4 rings (SSSR count). The fourth-order valence-electron chi connectivity index (χ4n) is 4.72. The van der Waals surface area contributed by atoms with Crippen LogP contribution in [-0.2, 0) is 11.2 Å². The van der Waals surface area contributed by atoms with Gasteiger partial charge in [-0.2, -0.15) is 0 Å². The third-order valence-corrected chi connectivity index (χ3v) is 6.18. The van der Waals surface area contributed by atoms with Crippen LogP contribution in [0.1, 0.15) is 69.4 Å². The Hall–Kier alpha value is -2.17. The van der Waals surface area contributed by atoms with E-state index in [1.165, 1.54) is 25.3 Å². The number of fused-ring (bicyclic) bond motifs is 1. The Bertz CT molecular complexity index is 893. The topological polar surface area (TPSA) is 51.1 Å². The Morgan fingerprint density at radius 2 is 1.78 bits per heavy atom. The highest BCUT2D eigenvalue weighted by atomic mass is 19.1. The number of halogens is 1. The predicted molar refractivity (Wildman–Crippen MR) is 106 cm³/mol. The zero-order valence-electron chi connectivity index (χ0n) is 15.7. The monoisotopic (exact) mass is 370 g/mol. The van der Waals surface area contributed by atoms with Gasteiger partial charge >= 0.3 is 0 Å². The van der Waals surface area contributed by atoms with Crippen molar-refractivity contribution < 1.29 is 9.18 Å². The van der Waals surface area contributed by atoms with E-state index in [1.807, 2.05) is 12.3 Å². The van der Waals surface area contributed by atoms with Crippen molar-refractivity contribution in [2.45, 2.75) is 76.3 Å².